The maximum Gasteiger partial charge on any atom is 0.108 e. The Morgan fingerprint density at radius 3 is 2.88 bits per heavy atom. The van der Waals surface area contributed by atoms with E-state index in [4.69, 9.17) is 5.84 Å². The lowest BCUT2D eigenvalue weighted by molar-refractivity contribution is 0.342. The quantitative estimate of drug-likeness (QED) is 0.584. The van der Waals surface area contributed by atoms with Crippen molar-refractivity contribution in [2.45, 2.75) is 44.6 Å². The minimum absolute atomic E-state index is 0.458. The van der Waals surface area contributed by atoms with Crippen LogP contribution in [0.25, 0.3) is 0 Å². The van der Waals surface area contributed by atoms with E-state index in [-0.39, 0.29) is 0 Å². The lowest BCUT2D eigenvalue weighted by Gasteiger charge is -2.22. The van der Waals surface area contributed by atoms with Crippen molar-refractivity contribution in [2.24, 2.45) is 18.8 Å². The number of hydrogen-bond acceptors (Lipinski definition) is 3. The molecule has 1 saturated carbocycles. The summed E-state index contributed by atoms with van der Waals surface area (Å²) >= 11 is 0. The van der Waals surface area contributed by atoms with Crippen molar-refractivity contribution in [1.82, 2.24) is 15.0 Å². The molecular formula is C12H22N4. The summed E-state index contributed by atoms with van der Waals surface area (Å²) in [7, 11) is 2.04. The molecule has 16 heavy (non-hydrogen) atoms. The fraction of sp³-hybridized carbons (Fsp3) is 0.750. The molecule has 1 aromatic rings. The first-order valence-corrected chi connectivity index (χ1v) is 6.23. The van der Waals surface area contributed by atoms with Crippen LogP contribution in [0.2, 0.25) is 0 Å². The van der Waals surface area contributed by atoms with E-state index < -0.39 is 0 Å². The SMILES string of the molecule is Cn1ccnc1CCC(NN)C1CCCC1. The van der Waals surface area contributed by atoms with Gasteiger partial charge in [0.25, 0.3) is 0 Å². The predicted molar refractivity (Wildman–Crippen MR) is 64.6 cm³/mol. The van der Waals surface area contributed by atoms with Gasteiger partial charge in [-0.15, -0.1) is 0 Å². The van der Waals surface area contributed by atoms with E-state index in [0.717, 1.165) is 24.6 Å². The zero-order chi connectivity index (χ0) is 11.4. The van der Waals surface area contributed by atoms with Gasteiger partial charge in [-0.05, 0) is 25.2 Å². The minimum Gasteiger partial charge on any atom is -0.338 e. The highest BCUT2D eigenvalue weighted by Crippen LogP contribution is 2.29. The fourth-order valence-corrected chi connectivity index (χ4v) is 2.74. The van der Waals surface area contributed by atoms with E-state index in [0.29, 0.717) is 6.04 Å². The average Bonchev–Trinajstić information content (AvgIpc) is 2.92. The minimum atomic E-state index is 0.458. The van der Waals surface area contributed by atoms with Crippen molar-refractivity contribution in [2.75, 3.05) is 0 Å². The summed E-state index contributed by atoms with van der Waals surface area (Å²) in [5.41, 5.74) is 2.99. The number of rotatable bonds is 5. The van der Waals surface area contributed by atoms with Crippen LogP contribution in [0, 0.1) is 5.92 Å². The van der Waals surface area contributed by atoms with Gasteiger partial charge in [0.1, 0.15) is 5.82 Å². The van der Waals surface area contributed by atoms with Gasteiger partial charge in [0, 0.05) is 31.9 Å². The maximum absolute atomic E-state index is 5.65. The van der Waals surface area contributed by atoms with Gasteiger partial charge in [0.05, 0.1) is 0 Å². The van der Waals surface area contributed by atoms with Gasteiger partial charge in [-0.3, -0.25) is 11.3 Å². The van der Waals surface area contributed by atoms with Crippen LogP contribution < -0.4 is 11.3 Å². The third kappa shape index (κ3) is 2.62. The summed E-state index contributed by atoms with van der Waals surface area (Å²) in [6.07, 6.45) is 11.3. The summed E-state index contributed by atoms with van der Waals surface area (Å²) in [6.45, 7) is 0. The average molecular weight is 222 g/mol. The molecule has 0 radical (unpaired) electrons. The normalized spacial score (nSPS) is 19.1. The number of hydrogen-bond donors (Lipinski definition) is 2. The maximum atomic E-state index is 5.65. The number of aryl methyl sites for hydroxylation is 2. The molecular weight excluding hydrogens is 200 g/mol. The largest absolute Gasteiger partial charge is 0.338 e. The molecule has 4 heteroatoms. The van der Waals surface area contributed by atoms with E-state index in [1.807, 2.05) is 19.4 Å². The standard InChI is InChI=1S/C12H22N4/c1-16-9-8-14-12(16)7-6-11(15-13)10-4-2-3-5-10/h8-11,15H,2-7,13H2,1H3. The topological polar surface area (TPSA) is 55.9 Å². The number of imidazole rings is 1. The van der Waals surface area contributed by atoms with Gasteiger partial charge >= 0.3 is 0 Å². The molecule has 1 aliphatic carbocycles. The molecule has 1 aliphatic rings. The van der Waals surface area contributed by atoms with Gasteiger partial charge in [-0.2, -0.15) is 0 Å². The summed E-state index contributed by atoms with van der Waals surface area (Å²) in [6, 6.07) is 0.458. The zero-order valence-electron chi connectivity index (χ0n) is 10.0. The summed E-state index contributed by atoms with van der Waals surface area (Å²) in [4.78, 5) is 4.34. The Balaban J connectivity index is 1.85. The van der Waals surface area contributed by atoms with Crippen LogP contribution in [0.5, 0.6) is 0 Å². The monoisotopic (exact) mass is 222 g/mol. The molecule has 0 bridgehead atoms. The predicted octanol–water partition coefficient (Wildman–Crippen LogP) is 1.37. The Morgan fingerprint density at radius 2 is 2.31 bits per heavy atom. The highest BCUT2D eigenvalue weighted by atomic mass is 15.2. The van der Waals surface area contributed by atoms with Crippen molar-refractivity contribution < 1.29 is 0 Å². The van der Waals surface area contributed by atoms with E-state index in [9.17, 15) is 0 Å². The van der Waals surface area contributed by atoms with Crippen LogP contribution in [0.15, 0.2) is 12.4 Å². The molecule has 1 atom stereocenters. The van der Waals surface area contributed by atoms with Crippen LogP contribution in [-0.2, 0) is 13.5 Å². The zero-order valence-corrected chi connectivity index (χ0v) is 10.0. The third-order valence-electron chi connectivity index (χ3n) is 3.78. The Bertz CT molecular complexity index is 315. The van der Waals surface area contributed by atoms with Crippen LogP contribution in [0.3, 0.4) is 0 Å². The highest BCUT2D eigenvalue weighted by molar-refractivity contribution is 4.93. The van der Waals surface area contributed by atoms with Gasteiger partial charge in [0.2, 0.25) is 0 Å². The lowest BCUT2D eigenvalue weighted by Crippen LogP contribution is -2.40. The Kier molecular flexibility index (Phi) is 3.96. The fourth-order valence-electron chi connectivity index (χ4n) is 2.74. The smallest absolute Gasteiger partial charge is 0.108 e. The number of nitrogens with zero attached hydrogens (tertiary/aromatic N) is 2. The second kappa shape index (κ2) is 5.46. The molecule has 3 N–H and O–H groups in total. The van der Waals surface area contributed by atoms with E-state index in [1.54, 1.807) is 0 Å². The first-order valence-electron chi connectivity index (χ1n) is 6.23. The van der Waals surface area contributed by atoms with E-state index in [1.165, 1.54) is 25.7 Å². The van der Waals surface area contributed by atoms with Crippen molar-refractivity contribution in [1.29, 1.82) is 0 Å². The molecule has 1 heterocycles. The summed E-state index contributed by atoms with van der Waals surface area (Å²) in [5, 5.41) is 0. The molecule has 1 aromatic heterocycles. The number of nitrogens with one attached hydrogen (secondary N) is 1. The molecule has 1 unspecified atom stereocenters. The summed E-state index contributed by atoms with van der Waals surface area (Å²) < 4.78 is 2.09. The number of nitrogens with two attached hydrogens (primary N) is 1. The molecule has 1 fully saturated rings. The Labute approximate surface area is 97.2 Å². The first kappa shape index (κ1) is 11.6. The molecule has 0 aromatic carbocycles. The van der Waals surface area contributed by atoms with Gasteiger partial charge in [-0.1, -0.05) is 12.8 Å². The first-order chi connectivity index (χ1) is 7.81. The summed E-state index contributed by atoms with van der Waals surface area (Å²) in [5.74, 6) is 7.57. The van der Waals surface area contributed by atoms with Gasteiger partial charge in [-0.25, -0.2) is 4.98 Å². The highest BCUT2D eigenvalue weighted by Gasteiger charge is 2.23. The second-order valence-corrected chi connectivity index (χ2v) is 4.81. The van der Waals surface area contributed by atoms with Crippen LogP contribution in [-0.4, -0.2) is 15.6 Å². The Hall–Kier alpha value is -0.870. The lowest BCUT2D eigenvalue weighted by atomic mass is 9.94. The van der Waals surface area contributed by atoms with Crippen molar-refractivity contribution in [3.05, 3.63) is 18.2 Å². The van der Waals surface area contributed by atoms with Crippen LogP contribution in [0.1, 0.15) is 37.9 Å². The third-order valence-corrected chi connectivity index (χ3v) is 3.78. The molecule has 0 saturated heterocycles. The molecule has 4 nitrogen and oxygen atoms in total. The molecule has 90 valence electrons. The van der Waals surface area contributed by atoms with Gasteiger partial charge < -0.3 is 4.57 Å². The second-order valence-electron chi connectivity index (χ2n) is 4.81. The van der Waals surface area contributed by atoms with Crippen molar-refractivity contribution in [3.63, 3.8) is 0 Å². The number of aromatic nitrogens is 2. The van der Waals surface area contributed by atoms with Gasteiger partial charge in [0.15, 0.2) is 0 Å². The molecule has 0 spiro atoms. The van der Waals surface area contributed by atoms with Crippen molar-refractivity contribution >= 4 is 0 Å². The van der Waals surface area contributed by atoms with E-state index in [2.05, 4.69) is 15.0 Å². The van der Waals surface area contributed by atoms with E-state index >= 15 is 0 Å². The molecule has 2 rings (SSSR count). The van der Waals surface area contributed by atoms with Crippen LogP contribution in [0.4, 0.5) is 0 Å². The number of hydrazine groups is 1. The van der Waals surface area contributed by atoms with Crippen molar-refractivity contribution in [3.8, 4) is 0 Å². The van der Waals surface area contributed by atoms with Crippen LogP contribution >= 0.6 is 0 Å². The molecule has 0 aliphatic heterocycles. The Morgan fingerprint density at radius 1 is 1.56 bits per heavy atom. The molecule has 0 amide bonds.